The summed E-state index contributed by atoms with van der Waals surface area (Å²) in [5.74, 6) is -3.15. The van der Waals surface area contributed by atoms with Crippen molar-refractivity contribution in [2.45, 2.75) is 31.9 Å². The predicted octanol–water partition coefficient (Wildman–Crippen LogP) is 6.74. The number of carbonyl (C=O) groups is 4. The third kappa shape index (κ3) is 8.23. The molecule has 4 aromatic rings. The lowest BCUT2D eigenvalue weighted by molar-refractivity contribution is -0.170. The lowest BCUT2D eigenvalue weighted by Gasteiger charge is -2.29. The maximum atomic E-state index is 13.1. The lowest BCUT2D eigenvalue weighted by Crippen LogP contribution is -2.50. The highest BCUT2D eigenvalue weighted by Gasteiger charge is 2.52. The molecule has 0 amide bonds. The molecule has 0 atom stereocenters. The van der Waals surface area contributed by atoms with E-state index in [1.807, 2.05) is 0 Å². The van der Waals surface area contributed by atoms with Gasteiger partial charge in [-0.2, -0.15) is 13.2 Å². The summed E-state index contributed by atoms with van der Waals surface area (Å²) >= 11 is 0. The molecule has 0 saturated carbocycles. The zero-order valence-electron chi connectivity index (χ0n) is 25.5. The number of ether oxygens (including phenoxy) is 4. The number of hydrogen-bond acceptors (Lipinski definition) is 8. The molecule has 0 aromatic heterocycles. The van der Waals surface area contributed by atoms with Gasteiger partial charge in [0, 0.05) is 0 Å². The van der Waals surface area contributed by atoms with Gasteiger partial charge in [-0.15, -0.1) is 0 Å². The van der Waals surface area contributed by atoms with E-state index in [1.54, 1.807) is 62.4 Å². The fourth-order valence-corrected chi connectivity index (χ4v) is 4.75. The second-order valence-electron chi connectivity index (χ2n) is 10.2. The molecule has 0 fully saturated rings. The zero-order valence-corrected chi connectivity index (χ0v) is 25.5. The maximum Gasteiger partial charge on any atom is 0.416 e. The molecule has 47 heavy (non-hydrogen) atoms. The molecule has 0 saturated heterocycles. The van der Waals surface area contributed by atoms with Gasteiger partial charge in [0.25, 0.3) is 0 Å². The average Bonchev–Trinajstić information content (AvgIpc) is 3.06. The van der Waals surface area contributed by atoms with E-state index in [1.165, 1.54) is 42.5 Å². The van der Waals surface area contributed by atoms with Gasteiger partial charge in [0.1, 0.15) is 12.4 Å². The smallest absolute Gasteiger partial charge is 0.416 e. The SMILES string of the molecule is CCOC(=O)C(COC(=O)Cc1ccc(OC(=O)c2ccccc2-c2ccc(C(F)(F)F)cc2)cc1)(C(=O)OCC)c1ccccc1. The predicted molar refractivity (Wildman–Crippen MR) is 164 cm³/mol. The minimum Gasteiger partial charge on any atom is -0.465 e. The van der Waals surface area contributed by atoms with Crippen LogP contribution in [0.25, 0.3) is 11.1 Å². The summed E-state index contributed by atoms with van der Waals surface area (Å²) in [6.07, 6.45) is -4.72. The van der Waals surface area contributed by atoms with Crippen LogP contribution in [0.2, 0.25) is 0 Å². The van der Waals surface area contributed by atoms with Crippen LogP contribution in [-0.4, -0.2) is 43.7 Å². The molecule has 0 N–H and O–H groups in total. The van der Waals surface area contributed by atoms with Gasteiger partial charge in [0.15, 0.2) is 0 Å². The monoisotopic (exact) mass is 648 g/mol. The van der Waals surface area contributed by atoms with Gasteiger partial charge in [-0.3, -0.25) is 14.4 Å². The minimum absolute atomic E-state index is 0.0155. The molecule has 0 bridgehead atoms. The number of halogens is 3. The van der Waals surface area contributed by atoms with Gasteiger partial charge in [-0.1, -0.05) is 72.8 Å². The van der Waals surface area contributed by atoms with Gasteiger partial charge >= 0.3 is 30.1 Å². The van der Waals surface area contributed by atoms with Crippen molar-refractivity contribution >= 4 is 23.9 Å². The Balaban J connectivity index is 1.45. The number of alkyl halides is 3. The van der Waals surface area contributed by atoms with Crippen molar-refractivity contribution in [2.75, 3.05) is 19.8 Å². The summed E-state index contributed by atoms with van der Waals surface area (Å²) in [4.78, 5) is 52.2. The number of esters is 4. The Morgan fingerprint density at radius 2 is 1.21 bits per heavy atom. The third-order valence-electron chi connectivity index (χ3n) is 7.12. The first kappa shape index (κ1) is 34.4. The normalized spacial score (nSPS) is 11.3. The van der Waals surface area contributed by atoms with E-state index in [-0.39, 0.29) is 36.5 Å². The van der Waals surface area contributed by atoms with Crippen molar-refractivity contribution < 1.29 is 51.3 Å². The van der Waals surface area contributed by atoms with Gasteiger partial charge in [-0.25, -0.2) is 4.79 Å². The van der Waals surface area contributed by atoms with Crippen LogP contribution in [0.15, 0.2) is 103 Å². The molecule has 4 rings (SSSR count). The van der Waals surface area contributed by atoms with E-state index in [0.717, 1.165) is 12.1 Å². The van der Waals surface area contributed by atoms with E-state index in [9.17, 15) is 32.3 Å². The van der Waals surface area contributed by atoms with Gasteiger partial charge < -0.3 is 18.9 Å². The van der Waals surface area contributed by atoms with E-state index >= 15 is 0 Å². The first-order valence-corrected chi connectivity index (χ1v) is 14.6. The third-order valence-corrected chi connectivity index (χ3v) is 7.12. The summed E-state index contributed by atoms with van der Waals surface area (Å²) < 4.78 is 60.3. The molecule has 0 heterocycles. The Labute approximate surface area is 269 Å². The highest BCUT2D eigenvalue weighted by atomic mass is 19.4. The quantitative estimate of drug-likeness (QED) is 0.0720. The molecule has 0 spiro atoms. The van der Waals surface area contributed by atoms with E-state index in [2.05, 4.69) is 0 Å². The van der Waals surface area contributed by atoms with Crippen molar-refractivity contribution in [3.8, 4) is 16.9 Å². The van der Waals surface area contributed by atoms with Crippen LogP contribution >= 0.6 is 0 Å². The molecule has 11 heteroatoms. The maximum absolute atomic E-state index is 13.1. The van der Waals surface area contributed by atoms with Crippen molar-refractivity contribution in [1.29, 1.82) is 0 Å². The van der Waals surface area contributed by atoms with Crippen LogP contribution in [0.4, 0.5) is 13.2 Å². The minimum atomic E-state index is -4.49. The number of rotatable bonds is 12. The van der Waals surface area contributed by atoms with Crippen LogP contribution in [0, 0.1) is 0 Å². The van der Waals surface area contributed by atoms with Crippen molar-refractivity contribution in [3.05, 3.63) is 125 Å². The Bertz CT molecular complexity index is 1680. The first-order chi connectivity index (χ1) is 22.5. The number of hydrogen-bond donors (Lipinski definition) is 0. The molecule has 4 aromatic carbocycles. The van der Waals surface area contributed by atoms with Crippen LogP contribution in [0.5, 0.6) is 5.75 Å². The Morgan fingerprint density at radius 1 is 0.638 bits per heavy atom. The Hall–Kier alpha value is -5.45. The standard InChI is InChI=1S/C36H31F3O8/c1-3-44-33(42)35(34(43)45-4-2,26-10-6-5-7-11-26)23-46-31(40)22-24-14-20-28(21-15-24)47-32(41)30-13-9-8-12-29(30)25-16-18-27(19-17-25)36(37,38)39/h5-21H,3-4,22-23H2,1-2H3. The molecule has 0 radical (unpaired) electrons. The van der Waals surface area contributed by atoms with Gasteiger partial charge in [0.05, 0.1) is 30.8 Å². The second kappa shape index (κ2) is 15.2. The molecule has 0 aliphatic carbocycles. The van der Waals surface area contributed by atoms with Gasteiger partial charge in [-0.05, 0) is 66.4 Å². The average molecular weight is 649 g/mol. The molecule has 8 nitrogen and oxygen atoms in total. The largest absolute Gasteiger partial charge is 0.465 e. The summed E-state index contributed by atoms with van der Waals surface area (Å²) in [5.41, 5.74) is -1.17. The number of benzene rings is 4. The topological polar surface area (TPSA) is 105 Å². The summed E-state index contributed by atoms with van der Waals surface area (Å²) in [6.45, 7) is 2.49. The fourth-order valence-electron chi connectivity index (χ4n) is 4.75. The second-order valence-corrected chi connectivity index (χ2v) is 10.2. The number of carbonyl (C=O) groups excluding carboxylic acids is 4. The molecule has 244 valence electrons. The Kier molecular flexibility index (Phi) is 11.1. The van der Waals surface area contributed by atoms with Crippen molar-refractivity contribution in [2.24, 2.45) is 0 Å². The van der Waals surface area contributed by atoms with Crippen molar-refractivity contribution in [1.82, 2.24) is 0 Å². The van der Waals surface area contributed by atoms with Crippen LogP contribution < -0.4 is 4.74 Å². The van der Waals surface area contributed by atoms with E-state index in [4.69, 9.17) is 18.9 Å². The molecular weight excluding hydrogens is 617 g/mol. The molecule has 0 aliphatic heterocycles. The molecule has 0 unspecified atom stereocenters. The molecular formula is C36H31F3O8. The summed E-state index contributed by atoms with van der Waals surface area (Å²) in [7, 11) is 0. The van der Waals surface area contributed by atoms with Crippen molar-refractivity contribution in [3.63, 3.8) is 0 Å². The van der Waals surface area contributed by atoms with Crippen LogP contribution in [0.3, 0.4) is 0 Å². The van der Waals surface area contributed by atoms with E-state index in [0.29, 0.717) is 16.7 Å². The highest BCUT2D eigenvalue weighted by molar-refractivity contribution is 6.07. The fraction of sp³-hybridized carbons (Fsp3) is 0.222. The van der Waals surface area contributed by atoms with Gasteiger partial charge in [0.2, 0.25) is 5.41 Å². The summed E-state index contributed by atoms with van der Waals surface area (Å²) in [5, 5.41) is 0. The Morgan fingerprint density at radius 3 is 1.79 bits per heavy atom. The lowest BCUT2D eigenvalue weighted by atomic mass is 9.81. The van der Waals surface area contributed by atoms with E-state index < -0.39 is 47.6 Å². The first-order valence-electron chi connectivity index (χ1n) is 14.6. The van der Waals surface area contributed by atoms with Crippen LogP contribution in [-0.2, 0) is 46.6 Å². The zero-order chi connectivity index (χ0) is 34.0. The highest BCUT2D eigenvalue weighted by Crippen LogP contribution is 2.33. The van der Waals surface area contributed by atoms with Crippen LogP contribution in [0.1, 0.15) is 40.9 Å². The summed E-state index contributed by atoms with van der Waals surface area (Å²) in [6, 6.07) is 24.9. The molecule has 0 aliphatic rings.